The molecule has 5 nitrogen and oxygen atoms in total. The predicted molar refractivity (Wildman–Crippen MR) is 90.4 cm³/mol. The molecule has 5 heteroatoms. The Bertz CT molecular complexity index is 856. The number of benzene rings is 2. The first-order valence-electron chi connectivity index (χ1n) is 7.23. The first-order chi connectivity index (χ1) is 11.2. The lowest BCUT2D eigenvalue weighted by atomic mass is 10.1. The zero-order valence-corrected chi connectivity index (χ0v) is 12.8. The second-order valence-electron chi connectivity index (χ2n) is 5.16. The van der Waals surface area contributed by atoms with Gasteiger partial charge in [-0.05, 0) is 35.9 Å². The van der Waals surface area contributed by atoms with Crippen LogP contribution in [0, 0.1) is 0 Å². The van der Waals surface area contributed by atoms with Gasteiger partial charge < -0.3 is 10.5 Å². The third-order valence-electron chi connectivity index (χ3n) is 3.56. The van der Waals surface area contributed by atoms with Gasteiger partial charge in [-0.2, -0.15) is 5.10 Å². The van der Waals surface area contributed by atoms with E-state index in [2.05, 4.69) is 5.10 Å². The van der Waals surface area contributed by atoms with E-state index in [4.69, 9.17) is 10.5 Å². The minimum absolute atomic E-state index is 0.182. The van der Waals surface area contributed by atoms with E-state index in [9.17, 15) is 4.79 Å². The highest BCUT2D eigenvalue weighted by atomic mass is 16.5. The van der Waals surface area contributed by atoms with Gasteiger partial charge in [-0.3, -0.25) is 4.79 Å². The van der Waals surface area contributed by atoms with Crippen LogP contribution < -0.4 is 16.0 Å². The van der Waals surface area contributed by atoms with E-state index in [1.54, 1.807) is 13.2 Å². The van der Waals surface area contributed by atoms with Crippen molar-refractivity contribution in [3.63, 3.8) is 0 Å². The number of anilines is 1. The van der Waals surface area contributed by atoms with Crippen molar-refractivity contribution in [1.82, 2.24) is 9.78 Å². The van der Waals surface area contributed by atoms with Crippen LogP contribution in [0.2, 0.25) is 0 Å². The Morgan fingerprint density at radius 3 is 2.43 bits per heavy atom. The minimum Gasteiger partial charge on any atom is -0.497 e. The summed E-state index contributed by atoms with van der Waals surface area (Å²) < 4.78 is 6.54. The molecule has 0 unspecified atom stereocenters. The van der Waals surface area contributed by atoms with E-state index in [-0.39, 0.29) is 11.2 Å². The van der Waals surface area contributed by atoms with Crippen LogP contribution in [0.1, 0.15) is 5.56 Å². The third kappa shape index (κ3) is 3.23. The number of nitrogens with zero attached hydrogens (tertiary/aromatic N) is 2. The minimum atomic E-state index is -0.286. The summed E-state index contributed by atoms with van der Waals surface area (Å²) in [6, 6.07) is 18.8. The van der Waals surface area contributed by atoms with E-state index in [1.165, 1.54) is 4.68 Å². The SMILES string of the molecule is COc1ccc(-c2cc(N)c(=O)n(Cc3ccccc3)n2)cc1. The zero-order chi connectivity index (χ0) is 16.2. The molecule has 0 fully saturated rings. The Morgan fingerprint density at radius 1 is 1.09 bits per heavy atom. The van der Waals surface area contributed by atoms with Crippen molar-refractivity contribution >= 4 is 5.69 Å². The average Bonchev–Trinajstić information content (AvgIpc) is 2.60. The highest BCUT2D eigenvalue weighted by Crippen LogP contribution is 2.21. The molecule has 0 radical (unpaired) electrons. The normalized spacial score (nSPS) is 10.5. The first-order valence-corrected chi connectivity index (χ1v) is 7.23. The summed E-state index contributed by atoms with van der Waals surface area (Å²) in [5.41, 5.74) is 8.29. The summed E-state index contributed by atoms with van der Waals surface area (Å²) in [7, 11) is 1.62. The van der Waals surface area contributed by atoms with E-state index in [0.29, 0.717) is 12.2 Å². The lowest BCUT2D eigenvalue weighted by Gasteiger charge is -2.09. The molecule has 0 amide bonds. The summed E-state index contributed by atoms with van der Waals surface area (Å²) in [5, 5.41) is 4.44. The Morgan fingerprint density at radius 2 is 1.78 bits per heavy atom. The number of hydrogen-bond acceptors (Lipinski definition) is 4. The molecule has 0 bridgehead atoms. The number of ether oxygens (including phenoxy) is 1. The molecule has 0 saturated heterocycles. The second kappa shape index (κ2) is 6.36. The van der Waals surface area contributed by atoms with Gasteiger partial charge in [0, 0.05) is 5.56 Å². The number of rotatable bonds is 4. The summed E-state index contributed by atoms with van der Waals surface area (Å²) >= 11 is 0. The second-order valence-corrected chi connectivity index (χ2v) is 5.16. The largest absolute Gasteiger partial charge is 0.497 e. The van der Waals surface area contributed by atoms with Crippen LogP contribution in [-0.2, 0) is 6.54 Å². The first kappa shape index (κ1) is 14.8. The summed E-state index contributed by atoms with van der Waals surface area (Å²) in [5.74, 6) is 0.763. The van der Waals surface area contributed by atoms with Crippen LogP contribution >= 0.6 is 0 Å². The maximum absolute atomic E-state index is 12.2. The molecule has 0 spiro atoms. The van der Waals surface area contributed by atoms with Gasteiger partial charge in [-0.25, -0.2) is 4.68 Å². The van der Waals surface area contributed by atoms with E-state index < -0.39 is 0 Å². The Labute approximate surface area is 134 Å². The van der Waals surface area contributed by atoms with Gasteiger partial charge >= 0.3 is 0 Å². The molecular formula is C18H17N3O2. The third-order valence-corrected chi connectivity index (χ3v) is 3.56. The molecule has 2 N–H and O–H groups in total. The van der Waals surface area contributed by atoms with Crippen molar-refractivity contribution in [2.24, 2.45) is 0 Å². The maximum Gasteiger partial charge on any atom is 0.290 e. The van der Waals surface area contributed by atoms with Gasteiger partial charge in [-0.15, -0.1) is 0 Å². The lowest BCUT2D eigenvalue weighted by Crippen LogP contribution is -2.26. The molecular weight excluding hydrogens is 290 g/mol. The highest BCUT2D eigenvalue weighted by molar-refractivity contribution is 5.62. The van der Waals surface area contributed by atoms with Gasteiger partial charge in [0.15, 0.2) is 0 Å². The molecule has 1 aromatic heterocycles. The molecule has 2 aromatic carbocycles. The molecule has 23 heavy (non-hydrogen) atoms. The van der Waals surface area contributed by atoms with E-state index in [1.807, 2.05) is 54.6 Å². The fraction of sp³-hybridized carbons (Fsp3) is 0.111. The molecule has 0 saturated carbocycles. The topological polar surface area (TPSA) is 70.1 Å². The smallest absolute Gasteiger partial charge is 0.290 e. The molecule has 0 aliphatic rings. The number of hydrogen-bond donors (Lipinski definition) is 1. The monoisotopic (exact) mass is 307 g/mol. The van der Waals surface area contributed by atoms with Gasteiger partial charge in [0.1, 0.15) is 11.4 Å². The molecule has 0 aliphatic carbocycles. The number of methoxy groups -OCH3 is 1. The van der Waals surface area contributed by atoms with Crippen molar-refractivity contribution in [2.75, 3.05) is 12.8 Å². The van der Waals surface area contributed by atoms with Crippen LogP contribution in [0.5, 0.6) is 5.75 Å². The van der Waals surface area contributed by atoms with Crippen LogP contribution in [0.3, 0.4) is 0 Å². The Kier molecular flexibility index (Phi) is 4.10. The summed E-state index contributed by atoms with van der Waals surface area (Å²) in [6.07, 6.45) is 0. The van der Waals surface area contributed by atoms with E-state index >= 15 is 0 Å². The molecule has 3 rings (SSSR count). The number of aromatic nitrogens is 2. The van der Waals surface area contributed by atoms with Gasteiger partial charge in [0.05, 0.1) is 19.3 Å². The Balaban J connectivity index is 2.00. The maximum atomic E-state index is 12.2. The average molecular weight is 307 g/mol. The number of nitrogens with two attached hydrogens (primary N) is 1. The Hall–Kier alpha value is -3.08. The van der Waals surface area contributed by atoms with Crippen molar-refractivity contribution in [3.8, 4) is 17.0 Å². The summed E-state index contributed by atoms with van der Waals surface area (Å²) in [4.78, 5) is 12.2. The molecule has 0 aliphatic heterocycles. The van der Waals surface area contributed by atoms with Crippen molar-refractivity contribution in [1.29, 1.82) is 0 Å². The highest BCUT2D eigenvalue weighted by Gasteiger charge is 2.08. The molecule has 3 aromatic rings. The van der Waals surface area contributed by atoms with Crippen molar-refractivity contribution < 1.29 is 4.74 Å². The van der Waals surface area contributed by atoms with E-state index in [0.717, 1.165) is 16.9 Å². The fourth-order valence-electron chi connectivity index (χ4n) is 2.33. The predicted octanol–water partition coefficient (Wildman–Crippen LogP) is 2.55. The van der Waals surface area contributed by atoms with Gasteiger partial charge in [0.2, 0.25) is 0 Å². The molecule has 1 heterocycles. The van der Waals surface area contributed by atoms with Crippen LogP contribution in [0.25, 0.3) is 11.3 Å². The van der Waals surface area contributed by atoms with Crippen LogP contribution in [0.15, 0.2) is 65.5 Å². The molecule has 116 valence electrons. The standard InChI is InChI=1S/C18H17N3O2/c1-23-15-9-7-14(8-10-15)17-11-16(19)18(22)21(20-17)12-13-5-3-2-4-6-13/h2-11H,12,19H2,1H3. The van der Waals surface area contributed by atoms with Gasteiger partial charge in [0.25, 0.3) is 5.56 Å². The van der Waals surface area contributed by atoms with Crippen LogP contribution in [0.4, 0.5) is 5.69 Å². The van der Waals surface area contributed by atoms with Gasteiger partial charge in [-0.1, -0.05) is 30.3 Å². The molecule has 0 atom stereocenters. The lowest BCUT2D eigenvalue weighted by molar-refractivity contribution is 0.415. The quantitative estimate of drug-likeness (QED) is 0.804. The fourth-order valence-corrected chi connectivity index (χ4v) is 2.33. The van der Waals surface area contributed by atoms with Crippen LogP contribution in [-0.4, -0.2) is 16.9 Å². The number of nitrogen functional groups attached to an aromatic ring is 1. The van der Waals surface area contributed by atoms with Crippen molar-refractivity contribution in [3.05, 3.63) is 76.6 Å². The van der Waals surface area contributed by atoms with Crippen molar-refractivity contribution in [2.45, 2.75) is 6.54 Å². The zero-order valence-electron chi connectivity index (χ0n) is 12.8. The summed E-state index contributed by atoms with van der Waals surface area (Å²) in [6.45, 7) is 0.383.